The molecule has 3 aromatic rings. The summed E-state index contributed by atoms with van der Waals surface area (Å²) < 4.78 is 4.03. The second-order valence-corrected chi connectivity index (χ2v) is 9.11. The molecule has 10 heteroatoms. The first-order chi connectivity index (χ1) is 15.4. The van der Waals surface area contributed by atoms with Crippen molar-refractivity contribution in [2.24, 2.45) is 7.05 Å². The molecule has 168 valence electrons. The van der Waals surface area contributed by atoms with Gasteiger partial charge in [0.1, 0.15) is 11.2 Å². The minimum atomic E-state index is -0.255. The average molecular weight is 454 g/mol. The molecule has 0 unspecified atom stereocenters. The SMILES string of the molecule is CCn1c(CC(=O)N(C2CC2)C2CC2)cc2c3c(ncn3C)c(NC(=S)NC(C)=O)nc21. The highest BCUT2D eigenvalue weighted by Crippen LogP contribution is 2.38. The monoisotopic (exact) mass is 453 g/mol. The molecule has 0 spiro atoms. The number of pyridine rings is 1. The van der Waals surface area contributed by atoms with Crippen molar-refractivity contribution < 1.29 is 9.59 Å². The van der Waals surface area contributed by atoms with Gasteiger partial charge in [-0.3, -0.25) is 9.59 Å². The molecule has 0 saturated heterocycles. The fourth-order valence-corrected chi connectivity index (χ4v) is 4.75. The number of nitrogens with one attached hydrogen (secondary N) is 2. The van der Waals surface area contributed by atoms with E-state index in [1.54, 1.807) is 6.33 Å². The number of fused-ring (bicyclic) bond motifs is 3. The maximum Gasteiger partial charge on any atom is 0.229 e. The highest BCUT2D eigenvalue weighted by Gasteiger charge is 2.42. The summed E-state index contributed by atoms with van der Waals surface area (Å²) in [7, 11) is 1.93. The first-order valence-electron chi connectivity index (χ1n) is 11.1. The van der Waals surface area contributed by atoms with E-state index in [0.29, 0.717) is 36.4 Å². The molecule has 3 heterocycles. The number of thiocarbonyl (C=S) groups is 1. The third kappa shape index (κ3) is 3.72. The van der Waals surface area contributed by atoms with Crippen LogP contribution in [0.1, 0.15) is 45.2 Å². The number of amides is 2. The van der Waals surface area contributed by atoms with E-state index in [0.717, 1.165) is 47.9 Å². The Morgan fingerprint density at radius 3 is 2.53 bits per heavy atom. The summed E-state index contributed by atoms with van der Waals surface area (Å²) in [5.74, 6) is 0.434. The molecule has 0 radical (unpaired) electrons. The molecule has 0 bridgehead atoms. The lowest BCUT2D eigenvalue weighted by Gasteiger charge is -2.22. The summed E-state index contributed by atoms with van der Waals surface area (Å²) in [4.78, 5) is 36.0. The molecule has 0 aromatic carbocycles. The molecule has 5 rings (SSSR count). The predicted molar refractivity (Wildman–Crippen MR) is 126 cm³/mol. The van der Waals surface area contributed by atoms with E-state index < -0.39 is 0 Å². The van der Waals surface area contributed by atoms with Crippen LogP contribution in [0, 0.1) is 0 Å². The number of carbonyl (C=O) groups excluding carboxylic acids is 2. The van der Waals surface area contributed by atoms with Gasteiger partial charge in [-0.15, -0.1) is 0 Å². The number of aromatic nitrogens is 4. The normalized spacial score (nSPS) is 15.8. The standard InChI is InChI=1S/C22H27N7O2S/c1-4-28-15(10-17(31)29(13-5-6-13)14-7-8-14)9-16-19-18(23-11-27(19)3)20(25-21(16)28)26-22(32)24-12(2)30/h9,11,13-14H,4-8,10H2,1-3H3,(H2,24,25,26,30,32). The minimum absolute atomic E-state index is 0.172. The van der Waals surface area contributed by atoms with E-state index in [9.17, 15) is 9.59 Å². The van der Waals surface area contributed by atoms with Gasteiger partial charge in [0.2, 0.25) is 11.8 Å². The predicted octanol–water partition coefficient (Wildman–Crippen LogP) is 2.47. The number of aryl methyl sites for hydroxylation is 2. The van der Waals surface area contributed by atoms with Gasteiger partial charge in [-0.25, -0.2) is 9.97 Å². The fraction of sp³-hybridized carbons (Fsp3) is 0.500. The van der Waals surface area contributed by atoms with Gasteiger partial charge in [0, 0.05) is 43.7 Å². The number of carbonyl (C=O) groups is 2. The summed E-state index contributed by atoms with van der Waals surface area (Å²) >= 11 is 5.24. The van der Waals surface area contributed by atoms with Gasteiger partial charge < -0.3 is 24.7 Å². The summed E-state index contributed by atoms with van der Waals surface area (Å²) in [5, 5.41) is 6.70. The Morgan fingerprint density at radius 1 is 1.25 bits per heavy atom. The number of nitrogens with zero attached hydrogens (tertiary/aromatic N) is 5. The fourth-order valence-electron chi connectivity index (χ4n) is 4.51. The van der Waals surface area contributed by atoms with Gasteiger partial charge in [0.15, 0.2) is 10.9 Å². The number of hydrogen-bond donors (Lipinski definition) is 2. The van der Waals surface area contributed by atoms with E-state index in [4.69, 9.17) is 17.2 Å². The molecule has 3 aromatic heterocycles. The summed E-state index contributed by atoms with van der Waals surface area (Å²) in [6, 6.07) is 2.94. The Kier molecular flexibility index (Phi) is 5.11. The van der Waals surface area contributed by atoms with E-state index in [1.807, 2.05) is 11.6 Å². The van der Waals surface area contributed by atoms with Crippen molar-refractivity contribution in [2.45, 2.75) is 64.6 Å². The van der Waals surface area contributed by atoms with Crippen LogP contribution in [0.4, 0.5) is 5.82 Å². The first kappa shape index (κ1) is 20.9. The van der Waals surface area contributed by atoms with Gasteiger partial charge in [0.05, 0.1) is 18.3 Å². The molecule has 2 aliphatic rings. The molecule has 2 N–H and O–H groups in total. The van der Waals surface area contributed by atoms with Crippen LogP contribution in [0.3, 0.4) is 0 Å². The molecule has 2 amide bonds. The number of anilines is 1. The number of imidazole rings is 1. The van der Waals surface area contributed by atoms with Crippen LogP contribution < -0.4 is 10.6 Å². The highest BCUT2D eigenvalue weighted by atomic mass is 32.1. The zero-order valence-electron chi connectivity index (χ0n) is 18.5. The van der Waals surface area contributed by atoms with Crippen LogP contribution in [-0.4, -0.2) is 53.0 Å². The van der Waals surface area contributed by atoms with Crippen LogP contribution in [0.15, 0.2) is 12.4 Å². The van der Waals surface area contributed by atoms with Crippen LogP contribution in [0.5, 0.6) is 0 Å². The van der Waals surface area contributed by atoms with Crippen molar-refractivity contribution in [3.8, 4) is 0 Å². The molecule has 32 heavy (non-hydrogen) atoms. The van der Waals surface area contributed by atoms with E-state index in [2.05, 4.69) is 38.1 Å². The maximum atomic E-state index is 13.2. The van der Waals surface area contributed by atoms with Crippen LogP contribution in [0.2, 0.25) is 0 Å². The average Bonchev–Trinajstić information content (AvgIpc) is 3.65. The van der Waals surface area contributed by atoms with Crippen molar-refractivity contribution in [3.05, 3.63) is 18.1 Å². The molecular weight excluding hydrogens is 426 g/mol. The largest absolute Gasteiger partial charge is 0.336 e. The Labute approximate surface area is 191 Å². The Morgan fingerprint density at radius 2 is 1.94 bits per heavy atom. The molecule has 0 aliphatic heterocycles. The Bertz CT molecular complexity index is 1240. The number of hydrogen-bond acceptors (Lipinski definition) is 5. The highest BCUT2D eigenvalue weighted by molar-refractivity contribution is 7.80. The summed E-state index contributed by atoms with van der Waals surface area (Å²) in [6.07, 6.45) is 6.59. The lowest BCUT2D eigenvalue weighted by molar-refractivity contribution is -0.131. The van der Waals surface area contributed by atoms with Crippen LogP contribution in [0.25, 0.3) is 22.1 Å². The van der Waals surface area contributed by atoms with Crippen molar-refractivity contribution >= 4 is 57.0 Å². The van der Waals surface area contributed by atoms with Crippen LogP contribution in [-0.2, 0) is 29.6 Å². The van der Waals surface area contributed by atoms with Crippen molar-refractivity contribution in [1.82, 2.24) is 29.3 Å². The first-order valence-corrected chi connectivity index (χ1v) is 11.5. The molecule has 2 fully saturated rings. The Hall–Kier alpha value is -3.01. The van der Waals surface area contributed by atoms with E-state index in [-0.39, 0.29) is 16.9 Å². The van der Waals surface area contributed by atoms with Gasteiger partial charge in [0.25, 0.3) is 0 Å². The lowest BCUT2D eigenvalue weighted by Crippen LogP contribution is -2.36. The maximum absolute atomic E-state index is 13.2. The van der Waals surface area contributed by atoms with Crippen molar-refractivity contribution in [1.29, 1.82) is 0 Å². The topological polar surface area (TPSA) is 97.1 Å². The molecular formula is C22H27N7O2S. The molecule has 2 saturated carbocycles. The molecule has 0 atom stereocenters. The zero-order valence-corrected chi connectivity index (χ0v) is 19.3. The second kappa shape index (κ2) is 7.84. The minimum Gasteiger partial charge on any atom is -0.336 e. The lowest BCUT2D eigenvalue weighted by atomic mass is 10.2. The number of rotatable bonds is 6. The van der Waals surface area contributed by atoms with E-state index in [1.165, 1.54) is 6.92 Å². The van der Waals surface area contributed by atoms with Crippen molar-refractivity contribution in [2.75, 3.05) is 5.32 Å². The third-order valence-electron chi connectivity index (χ3n) is 6.13. The smallest absolute Gasteiger partial charge is 0.229 e. The van der Waals surface area contributed by atoms with Crippen LogP contribution >= 0.6 is 12.2 Å². The summed E-state index contributed by atoms with van der Waals surface area (Å²) in [5.41, 5.74) is 3.29. The van der Waals surface area contributed by atoms with Gasteiger partial charge in [-0.05, 0) is 50.9 Å². The van der Waals surface area contributed by atoms with E-state index >= 15 is 0 Å². The zero-order chi connectivity index (χ0) is 22.6. The summed E-state index contributed by atoms with van der Waals surface area (Å²) in [6.45, 7) is 4.14. The molecule has 2 aliphatic carbocycles. The third-order valence-corrected chi connectivity index (χ3v) is 6.33. The second-order valence-electron chi connectivity index (χ2n) is 8.71. The van der Waals surface area contributed by atoms with Gasteiger partial charge >= 0.3 is 0 Å². The van der Waals surface area contributed by atoms with Gasteiger partial charge in [-0.2, -0.15) is 0 Å². The van der Waals surface area contributed by atoms with Gasteiger partial charge in [-0.1, -0.05) is 0 Å². The Balaban J connectivity index is 1.56. The van der Waals surface area contributed by atoms with Crippen molar-refractivity contribution in [3.63, 3.8) is 0 Å². The quantitative estimate of drug-likeness (QED) is 0.557. The molecule has 9 nitrogen and oxygen atoms in total.